The average molecular weight is 343 g/mol. The Kier molecular flexibility index (Phi) is 4.66. The van der Waals surface area contributed by atoms with Crippen molar-refractivity contribution in [3.05, 3.63) is 50.7 Å². The summed E-state index contributed by atoms with van der Waals surface area (Å²) >= 11 is 9.84. The number of nitrogens with zero attached hydrogens (tertiary/aromatic N) is 2. The Hall–Kier alpha value is -0.840. The van der Waals surface area contributed by atoms with Crippen LogP contribution in [0.1, 0.15) is 29.8 Å². The van der Waals surface area contributed by atoms with Crippen LogP contribution in [-0.2, 0) is 7.05 Å². The Morgan fingerprint density at radius 2 is 2.21 bits per heavy atom. The molecule has 1 unspecified atom stereocenters. The molecule has 0 amide bonds. The Bertz CT molecular complexity index is 561. The molecule has 0 bridgehead atoms. The minimum Gasteiger partial charge on any atom is -0.305 e. The highest BCUT2D eigenvalue weighted by Crippen LogP contribution is 2.30. The quantitative estimate of drug-likeness (QED) is 0.915. The summed E-state index contributed by atoms with van der Waals surface area (Å²) in [6.07, 6.45) is 1.68. The van der Waals surface area contributed by atoms with Crippen LogP contribution in [0.25, 0.3) is 0 Å². The molecule has 1 heterocycles. The van der Waals surface area contributed by atoms with Crippen LogP contribution in [0.2, 0.25) is 5.02 Å². The van der Waals surface area contributed by atoms with Gasteiger partial charge in [0.2, 0.25) is 0 Å². The molecule has 0 aliphatic heterocycles. The summed E-state index contributed by atoms with van der Waals surface area (Å²) in [4.78, 5) is 0. The Morgan fingerprint density at radius 3 is 2.74 bits per heavy atom. The lowest BCUT2D eigenvalue weighted by atomic mass is 10.0. The van der Waals surface area contributed by atoms with Gasteiger partial charge >= 0.3 is 0 Å². The SMILES string of the molecule is CCNC(c1ccc(C)c(Br)c1)c1c(Cl)cnn1C. The van der Waals surface area contributed by atoms with Gasteiger partial charge in [0.15, 0.2) is 0 Å². The van der Waals surface area contributed by atoms with Gasteiger partial charge in [0.25, 0.3) is 0 Å². The standard InChI is InChI=1S/C14H17BrClN3/c1-4-17-13(14-12(16)8-18-19(14)3)10-6-5-9(2)11(15)7-10/h5-8,13,17H,4H2,1-3H3. The molecule has 2 rings (SSSR count). The molecule has 2 aromatic rings. The molecular weight excluding hydrogens is 326 g/mol. The Morgan fingerprint density at radius 1 is 1.47 bits per heavy atom. The Balaban J connectivity index is 2.48. The first-order chi connectivity index (χ1) is 9.04. The van der Waals surface area contributed by atoms with E-state index in [1.54, 1.807) is 6.20 Å². The molecule has 0 saturated heterocycles. The normalized spacial score (nSPS) is 12.7. The number of aromatic nitrogens is 2. The van der Waals surface area contributed by atoms with E-state index in [2.05, 4.69) is 58.4 Å². The summed E-state index contributed by atoms with van der Waals surface area (Å²) in [5.74, 6) is 0. The zero-order valence-corrected chi connectivity index (χ0v) is 13.6. The molecule has 0 aliphatic rings. The van der Waals surface area contributed by atoms with Crippen LogP contribution < -0.4 is 5.32 Å². The lowest BCUT2D eigenvalue weighted by Gasteiger charge is -2.20. The fraction of sp³-hybridized carbons (Fsp3) is 0.357. The number of rotatable bonds is 4. The second kappa shape index (κ2) is 6.07. The van der Waals surface area contributed by atoms with Crippen molar-refractivity contribution in [2.75, 3.05) is 6.54 Å². The molecule has 102 valence electrons. The summed E-state index contributed by atoms with van der Waals surface area (Å²) in [6, 6.07) is 6.40. The maximum atomic E-state index is 6.26. The van der Waals surface area contributed by atoms with E-state index >= 15 is 0 Å². The van der Waals surface area contributed by atoms with Crippen molar-refractivity contribution in [2.45, 2.75) is 19.9 Å². The van der Waals surface area contributed by atoms with Gasteiger partial charge in [-0.3, -0.25) is 4.68 Å². The summed E-state index contributed by atoms with van der Waals surface area (Å²) in [5.41, 5.74) is 3.37. The minimum absolute atomic E-state index is 0.0434. The van der Waals surface area contributed by atoms with Crippen LogP contribution in [0.4, 0.5) is 0 Å². The maximum Gasteiger partial charge on any atom is 0.0837 e. The second-order valence-corrected chi connectivity index (χ2v) is 5.76. The summed E-state index contributed by atoms with van der Waals surface area (Å²) < 4.78 is 2.93. The molecule has 5 heteroatoms. The fourth-order valence-corrected chi connectivity index (χ4v) is 2.78. The van der Waals surface area contributed by atoms with Gasteiger partial charge < -0.3 is 5.32 Å². The van der Waals surface area contributed by atoms with Crippen LogP contribution in [0.5, 0.6) is 0 Å². The first-order valence-corrected chi connectivity index (χ1v) is 7.38. The molecule has 0 aliphatic carbocycles. The zero-order chi connectivity index (χ0) is 14.0. The average Bonchev–Trinajstić information content (AvgIpc) is 2.70. The van der Waals surface area contributed by atoms with Crippen molar-refractivity contribution in [1.29, 1.82) is 0 Å². The summed E-state index contributed by atoms with van der Waals surface area (Å²) in [7, 11) is 1.91. The van der Waals surface area contributed by atoms with Crippen molar-refractivity contribution in [2.24, 2.45) is 7.05 Å². The van der Waals surface area contributed by atoms with Crippen molar-refractivity contribution >= 4 is 27.5 Å². The van der Waals surface area contributed by atoms with E-state index in [1.165, 1.54) is 11.1 Å². The van der Waals surface area contributed by atoms with Crippen LogP contribution >= 0.6 is 27.5 Å². The van der Waals surface area contributed by atoms with E-state index < -0.39 is 0 Å². The lowest BCUT2D eigenvalue weighted by Crippen LogP contribution is -2.24. The predicted molar refractivity (Wildman–Crippen MR) is 82.6 cm³/mol. The number of hydrogen-bond acceptors (Lipinski definition) is 2. The van der Waals surface area contributed by atoms with Gasteiger partial charge in [0, 0.05) is 11.5 Å². The van der Waals surface area contributed by atoms with Gasteiger partial charge in [0.05, 0.1) is 23.0 Å². The number of benzene rings is 1. The molecule has 19 heavy (non-hydrogen) atoms. The van der Waals surface area contributed by atoms with E-state index in [0.29, 0.717) is 5.02 Å². The van der Waals surface area contributed by atoms with E-state index in [1.807, 2.05) is 11.7 Å². The van der Waals surface area contributed by atoms with Crippen molar-refractivity contribution in [1.82, 2.24) is 15.1 Å². The van der Waals surface area contributed by atoms with Crippen LogP contribution in [0, 0.1) is 6.92 Å². The first-order valence-electron chi connectivity index (χ1n) is 6.21. The highest BCUT2D eigenvalue weighted by Gasteiger charge is 2.20. The molecule has 0 spiro atoms. The van der Waals surface area contributed by atoms with Gasteiger partial charge in [-0.05, 0) is 30.7 Å². The van der Waals surface area contributed by atoms with Crippen LogP contribution in [-0.4, -0.2) is 16.3 Å². The molecule has 1 aromatic heterocycles. The van der Waals surface area contributed by atoms with Gasteiger partial charge in [-0.25, -0.2) is 0 Å². The minimum atomic E-state index is 0.0434. The maximum absolute atomic E-state index is 6.26. The third-order valence-corrected chi connectivity index (χ3v) is 4.29. The molecule has 0 fully saturated rings. The molecule has 1 atom stereocenters. The molecule has 1 N–H and O–H groups in total. The smallest absolute Gasteiger partial charge is 0.0837 e. The highest BCUT2D eigenvalue weighted by atomic mass is 79.9. The third-order valence-electron chi connectivity index (χ3n) is 3.15. The van der Waals surface area contributed by atoms with Gasteiger partial charge in [-0.2, -0.15) is 5.10 Å². The summed E-state index contributed by atoms with van der Waals surface area (Å²) in [5, 5.41) is 8.37. The van der Waals surface area contributed by atoms with E-state index in [-0.39, 0.29) is 6.04 Å². The fourth-order valence-electron chi connectivity index (χ4n) is 2.11. The second-order valence-electron chi connectivity index (χ2n) is 4.50. The van der Waals surface area contributed by atoms with Gasteiger partial charge in [-0.1, -0.05) is 46.6 Å². The van der Waals surface area contributed by atoms with E-state index in [4.69, 9.17) is 11.6 Å². The van der Waals surface area contributed by atoms with E-state index in [0.717, 1.165) is 16.7 Å². The number of aryl methyl sites for hydroxylation is 2. The van der Waals surface area contributed by atoms with Gasteiger partial charge in [-0.15, -0.1) is 0 Å². The van der Waals surface area contributed by atoms with Gasteiger partial charge in [0.1, 0.15) is 0 Å². The number of nitrogens with one attached hydrogen (secondary N) is 1. The zero-order valence-electron chi connectivity index (χ0n) is 11.2. The summed E-state index contributed by atoms with van der Waals surface area (Å²) in [6.45, 7) is 5.02. The molecule has 3 nitrogen and oxygen atoms in total. The monoisotopic (exact) mass is 341 g/mol. The molecular formula is C14H17BrClN3. The first kappa shape index (κ1) is 14.6. The topological polar surface area (TPSA) is 29.9 Å². The van der Waals surface area contributed by atoms with Crippen molar-refractivity contribution < 1.29 is 0 Å². The lowest BCUT2D eigenvalue weighted by molar-refractivity contribution is 0.572. The molecule has 0 radical (unpaired) electrons. The Labute approximate surface area is 127 Å². The van der Waals surface area contributed by atoms with Crippen LogP contribution in [0.15, 0.2) is 28.9 Å². The molecule has 1 aromatic carbocycles. The number of hydrogen-bond donors (Lipinski definition) is 1. The largest absolute Gasteiger partial charge is 0.305 e. The van der Waals surface area contributed by atoms with Crippen molar-refractivity contribution in [3.63, 3.8) is 0 Å². The molecule has 0 saturated carbocycles. The van der Waals surface area contributed by atoms with Crippen LogP contribution in [0.3, 0.4) is 0 Å². The van der Waals surface area contributed by atoms with E-state index in [9.17, 15) is 0 Å². The highest BCUT2D eigenvalue weighted by molar-refractivity contribution is 9.10. The van der Waals surface area contributed by atoms with Crippen molar-refractivity contribution in [3.8, 4) is 0 Å². The third kappa shape index (κ3) is 3.02. The number of halogens is 2. The predicted octanol–water partition coefficient (Wildman–Crippen LogP) is 3.84.